The van der Waals surface area contributed by atoms with Crippen LogP contribution in [0.4, 0.5) is 0 Å². The summed E-state index contributed by atoms with van der Waals surface area (Å²) in [5.41, 5.74) is 4.38. The van der Waals surface area contributed by atoms with Gasteiger partial charge in [-0.3, -0.25) is 9.59 Å². The van der Waals surface area contributed by atoms with Crippen molar-refractivity contribution < 1.29 is 13.9 Å². The van der Waals surface area contributed by atoms with E-state index >= 15 is 0 Å². The van der Waals surface area contributed by atoms with Gasteiger partial charge in [-0.2, -0.15) is 0 Å². The minimum Gasteiger partial charge on any atom is -0.497 e. The molecule has 1 amide bonds. The molecule has 0 fully saturated rings. The highest BCUT2D eigenvalue weighted by Gasteiger charge is 2.42. The number of rotatable bonds is 5. The predicted molar refractivity (Wildman–Crippen MR) is 133 cm³/mol. The van der Waals surface area contributed by atoms with Crippen molar-refractivity contribution in [3.63, 3.8) is 0 Å². The average molecular weight is 474 g/mol. The molecule has 3 aromatic carbocycles. The molecular weight excluding hydrogens is 450 g/mol. The van der Waals surface area contributed by atoms with Crippen molar-refractivity contribution in [2.24, 2.45) is 0 Å². The Kier molecular flexibility index (Phi) is 5.66. The molecule has 0 N–H and O–H groups in total. The maximum atomic E-state index is 13.8. The Hall–Kier alpha value is -3.57. The summed E-state index contributed by atoms with van der Waals surface area (Å²) in [6.07, 6.45) is 0.625. The number of carbonyl (C=O) groups is 1. The molecule has 5 nitrogen and oxygen atoms in total. The minimum atomic E-state index is -0.542. The van der Waals surface area contributed by atoms with Crippen molar-refractivity contribution in [2.45, 2.75) is 26.3 Å². The molecule has 0 aliphatic carbocycles. The second-order valence-corrected chi connectivity index (χ2v) is 9.12. The first-order chi connectivity index (χ1) is 16.4. The van der Waals surface area contributed by atoms with Crippen molar-refractivity contribution in [2.75, 3.05) is 13.7 Å². The van der Waals surface area contributed by atoms with Crippen LogP contribution in [0.25, 0.3) is 11.0 Å². The van der Waals surface area contributed by atoms with Crippen molar-refractivity contribution in [3.05, 3.63) is 109 Å². The van der Waals surface area contributed by atoms with E-state index in [-0.39, 0.29) is 17.1 Å². The molecule has 34 heavy (non-hydrogen) atoms. The zero-order valence-corrected chi connectivity index (χ0v) is 20.0. The number of hydrogen-bond acceptors (Lipinski definition) is 4. The molecule has 1 aliphatic rings. The van der Waals surface area contributed by atoms with Crippen LogP contribution in [0.3, 0.4) is 0 Å². The molecule has 6 heteroatoms. The molecule has 0 spiro atoms. The van der Waals surface area contributed by atoms with E-state index < -0.39 is 6.04 Å². The van der Waals surface area contributed by atoms with Crippen LogP contribution >= 0.6 is 11.6 Å². The van der Waals surface area contributed by atoms with E-state index in [2.05, 4.69) is 0 Å². The summed E-state index contributed by atoms with van der Waals surface area (Å²) >= 11 is 6.12. The van der Waals surface area contributed by atoms with Gasteiger partial charge in [0.15, 0.2) is 5.43 Å². The van der Waals surface area contributed by atoms with E-state index in [1.807, 2.05) is 62.4 Å². The largest absolute Gasteiger partial charge is 0.497 e. The Balaban J connectivity index is 1.62. The number of fused-ring (bicyclic) bond motifs is 2. The monoisotopic (exact) mass is 473 g/mol. The zero-order chi connectivity index (χ0) is 24.0. The first-order valence-electron chi connectivity index (χ1n) is 11.1. The molecule has 0 saturated carbocycles. The maximum Gasteiger partial charge on any atom is 0.290 e. The quantitative estimate of drug-likeness (QED) is 0.364. The minimum absolute atomic E-state index is 0.122. The van der Waals surface area contributed by atoms with E-state index in [0.29, 0.717) is 34.5 Å². The SMILES string of the molecule is COc1ccc(CCN2C(=O)c3oc4cc(C)cc(C)c4c(=O)c3C2c2ccc(Cl)cc2)cc1. The molecule has 1 unspecified atom stereocenters. The van der Waals surface area contributed by atoms with Crippen LogP contribution in [0.15, 0.2) is 69.9 Å². The van der Waals surface area contributed by atoms with E-state index in [9.17, 15) is 9.59 Å². The Morgan fingerprint density at radius 3 is 2.38 bits per heavy atom. The van der Waals surface area contributed by atoms with Gasteiger partial charge in [-0.05, 0) is 72.9 Å². The molecule has 0 bridgehead atoms. The highest BCUT2D eigenvalue weighted by Crippen LogP contribution is 2.39. The van der Waals surface area contributed by atoms with Crippen LogP contribution in [0.5, 0.6) is 5.75 Å². The Morgan fingerprint density at radius 1 is 1.00 bits per heavy atom. The number of halogens is 1. The second-order valence-electron chi connectivity index (χ2n) is 8.68. The van der Waals surface area contributed by atoms with Gasteiger partial charge in [0.25, 0.3) is 5.91 Å². The second kappa shape index (κ2) is 8.65. The van der Waals surface area contributed by atoms with Gasteiger partial charge >= 0.3 is 0 Å². The molecule has 1 aliphatic heterocycles. The zero-order valence-electron chi connectivity index (χ0n) is 19.2. The molecule has 1 aromatic heterocycles. The average Bonchev–Trinajstić information content (AvgIpc) is 3.10. The van der Waals surface area contributed by atoms with E-state index in [1.165, 1.54) is 0 Å². The van der Waals surface area contributed by atoms with Crippen LogP contribution in [-0.4, -0.2) is 24.5 Å². The maximum absolute atomic E-state index is 13.8. The molecule has 4 aromatic rings. The molecule has 1 atom stereocenters. The Morgan fingerprint density at radius 2 is 1.71 bits per heavy atom. The predicted octanol–water partition coefficient (Wildman–Crippen LogP) is 5.86. The van der Waals surface area contributed by atoms with Crippen LogP contribution in [-0.2, 0) is 6.42 Å². The lowest BCUT2D eigenvalue weighted by Gasteiger charge is -2.25. The van der Waals surface area contributed by atoms with Gasteiger partial charge in [0.2, 0.25) is 5.76 Å². The molecular formula is C28H24ClNO4. The van der Waals surface area contributed by atoms with E-state index in [4.69, 9.17) is 20.8 Å². The first-order valence-corrected chi connectivity index (χ1v) is 11.5. The number of ether oxygens (including phenoxy) is 1. The Bertz CT molecular complexity index is 1460. The summed E-state index contributed by atoms with van der Waals surface area (Å²) in [4.78, 5) is 29.1. The molecule has 0 saturated heterocycles. The third kappa shape index (κ3) is 3.76. The summed E-state index contributed by atoms with van der Waals surface area (Å²) in [6.45, 7) is 4.27. The van der Waals surface area contributed by atoms with Gasteiger partial charge in [-0.15, -0.1) is 0 Å². The summed E-state index contributed by atoms with van der Waals surface area (Å²) in [6, 6.07) is 18.3. The molecule has 0 radical (unpaired) electrons. The van der Waals surface area contributed by atoms with Gasteiger partial charge in [0.1, 0.15) is 11.3 Å². The summed E-state index contributed by atoms with van der Waals surface area (Å²) < 4.78 is 11.4. The van der Waals surface area contributed by atoms with Gasteiger partial charge in [-0.25, -0.2) is 0 Å². The highest BCUT2D eigenvalue weighted by atomic mass is 35.5. The lowest BCUT2D eigenvalue weighted by Crippen LogP contribution is -2.31. The normalized spacial score (nSPS) is 15.1. The summed E-state index contributed by atoms with van der Waals surface area (Å²) in [5.74, 6) is 0.624. The van der Waals surface area contributed by atoms with Crippen molar-refractivity contribution >= 4 is 28.5 Å². The number of nitrogens with zero attached hydrogens (tertiary/aromatic N) is 1. The first kappa shape index (κ1) is 22.2. The fraction of sp³-hybridized carbons (Fsp3) is 0.214. The van der Waals surface area contributed by atoms with Gasteiger partial charge in [-0.1, -0.05) is 41.9 Å². The van der Waals surface area contributed by atoms with Crippen LogP contribution < -0.4 is 10.2 Å². The van der Waals surface area contributed by atoms with Gasteiger partial charge in [0.05, 0.1) is 24.1 Å². The Labute approximate surface area is 202 Å². The van der Waals surface area contributed by atoms with Crippen LogP contribution in [0.2, 0.25) is 5.02 Å². The fourth-order valence-corrected chi connectivity index (χ4v) is 4.90. The molecule has 5 rings (SSSR count). The number of methoxy groups -OCH3 is 1. The lowest BCUT2D eigenvalue weighted by atomic mass is 9.97. The van der Waals surface area contributed by atoms with Crippen LogP contribution in [0, 0.1) is 13.8 Å². The third-order valence-corrected chi connectivity index (χ3v) is 6.65. The van der Waals surface area contributed by atoms with Gasteiger partial charge < -0.3 is 14.1 Å². The van der Waals surface area contributed by atoms with E-state index in [0.717, 1.165) is 28.0 Å². The fourth-order valence-electron chi connectivity index (χ4n) is 4.78. The van der Waals surface area contributed by atoms with Crippen molar-refractivity contribution in [3.8, 4) is 5.75 Å². The summed E-state index contributed by atoms with van der Waals surface area (Å²) in [7, 11) is 1.63. The number of aryl methyl sites for hydroxylation is 2. The number of benzene rings is 3. The molecule has 2 heterocycles. The van der Waals surface area contributed by atoms with E-state index in [1.54, 1.807) is 24.1 Å². The number of carbonyl (C=O) groups excluding carboxylic acids is 1. The number of amides is 1. The van der Waals surface area contributed by atoms with Crippen molar-refractivity contribution in [1.82, 2.24) is 4.90 Å². The third-order valence-electron chi connectivity index (χ3n) is 6.40. The van der Waals surface area contributed by atoms with Crippen LogP contribution in [0.1, 0.15) is 44.4 Å². The molecule has 172 valence electrons. The summed E-state index contributed by atoms with van der Waals surface area (Å²) in [5, 5.41) is 1.11. The topological polar surface area (TPSA) is 59.8 Å². The van der Waals surface area contributed by atoms with Gasteiger partial charge in [0, 0.05) is 11.6 Å². The lowest BCUT2D eigenvalue weighted by molar-refractivity contribution is 0.0730. The van der Waals surface area contributed by atoms with Crippen molar-refractivity contribution in [1.29, 1.82) is 0 Å². The smallest absolute Gasteiger partial charge is 0.290 e. The number of hydrogen-bond donors (Lipinski definition) is 0. The highest BCUT2D eigenvalue weighted by molar-refractivity contribution is 6.30. The standard InChI is InChI=1S/C28H24ClNO4/c1-16-14-17(2)23-22(15-16)34-27-24(26(23)31)25(19-6-8-20(29)9-7-19)30(28(27)32)13-12-18-4-10-21(33-3)11-5-18/h4-11,14-15,25H,12-13H2,1-3H3.